The molecule has 14 heteroatoms. The first-order valence-corrected chi connectivity index (χ1v) is 17.8. The number of carbonyl (C=O) groups excluding carboxylic acids is 6. The van der Waals surface area contributed by atoms with Crippen molar-refractivity contribution in [1.82, 2.24) is 36.5 Å². The van der Waals surface area contributed by atoms with Crippen molar-refractivity contribution in [3.63, 3.8) is 0 Å². The Kier molecular flexibility index (Phi) is 12.5. The molecule has 6 amide bonds. The summed E-state index contributed by atoms with van der Waals surface area (Å²) in [5, 5.41) is 24.9. The van der Waals surface area contributed by atoms with Crippen molar-refractivity contribution in [3.05, 3.63) is 78.0 Å². The molecule has 52 heavy (non-hydrogen) atoms. The number of pyridine rings is 1. The third-order valence-corrected chi connectivity index (χ3v) is 9.33. The third-order valence-electron chi connectivity index (χ3n) is 9.33. The molecule has 5 rings (SSSR count). The first-order valence-electron chi connectivity index (χ1n) is 17.8. The van der Waals surface area contributed by atoms with Crippen LogP contribution in [-0.4, -0.2) is 99.8 Å². The smallest absolute Gasteiger partial charge is 0.252 e. The second-order valence-corrected chi connectivity index (χ2v) is 13.9. The first-order chi connectivity index (χ1) is 24.9. The van der Waals surface area contributed by atoms with Crippen molar-refractivity contribution >= 4 is 46.3 Å². The lowest BCUT2D eigenvalue weighted by atomic mass is 10.00. The summed E-state index contributed by atoms with van der Waals surface area (Å²) in [6.07, 6.45) is 1.37. The zero-order valence-corrected chi connectivity index (χ0v) is 29.6. The van der Waals surface area contributed by atoms with Crippen molar-refractivity contribution in [1.29, 1.82) is 0 Å². The van der Waals surface area contributed by atoms with Crippen LogP contribution in [0, 0.1) is 5.92 Å². The average molecular weight is 714 g/mol. The van der Waals surface area contributed by atoms with Gasteiger partial charge in [-0.15, -0.1) is 0 Å². The van der Waals surface area contributed by atoms with E-state index in [-0.39, 0.29) is 51.1 Å². The summed E-state index contributed by atoms with van der Waals surface area (Å²) in [6.45, 7) is 5.28. The molecule has 0 saturated carbocycles. The fraction of sp³-hybridized carbons (Fsp3) is 0.447. The molecule has 3 heterocycles. The molecule has 1 aromatic heterocycles. The molecule has 0 aliphatic carbocycles. The molecule has 6 atom stereocenters. The van der Waals surface area contributed by atoms with Crippen molar-refractivity contribution in [2.24, 2.45) is 5.92 Å². The van der Waals surface area contributed by atoms with E-state index in [4.69, 9.17) is 0 Å². The Morgan fingerprint density at radius 1 is 0.904 bits per heavy atom. The summed E-state index contributed by atoms with van der Waals surface area (Å²) in [4.78, 5) is 87.8. The quantitative estimate of drug-likeness (QED) is 0.217. The van der Waals surface area contributed by atoms with Crippen LogP contribution in [-0.2, 0) is 30.4 Å². The normalized spacial score (nSPS) is 25.3. The van der Waals surface area contributed by atoms with Crippen LogP contribution < -0.4 is 26.6 Å². The Labute approximate surface area is 302 Å². The minimum Gasteiger partial charge on any atom is -0.391 e. The number of nitrogens with one attached hydrogen (secondary N) is 5. The van der Waals surface area contributed by atoms with Crippen molar-refractivity contribution in [2.45, 2.75) is 89.2 Å². The van der Waals surface area contributed by atoms with Gasteiger partial charge in [-0.3, -0.25) is 33.8 Å². The Hall–Kier alpha value is -5.37. The van der Waals surface area contributed by atoms with Gasteiger partial charge in [0.25, 0.3) is 5.91 Å². The van der Waals surface area contributed by atoms with E-state index < -0.39 is 71.8 Å². The van der Waals surface area contributed by atoms with Crippen LogP contribution in [0.3, 0.4) is 0 Å². The minimum absolute atomic E-state index is 0.0219. The molecule has 2 aliphatic rings. The molecule has 6 N–H and O–H groups in total. The third kappa shape index (κ3) is 9.49. The number of benzene rings is 2. The highest BCUT2D eigenvalue weighted by Gasteiger charge is 2.41. The van der Waals surface area contributed by atoms with Gasteiger partial charge in [-0.25, -0.2) is 0 Å². The van der Waals surface area contributed by atoms with Crippen LogP contribution in [0.1, 0.15) is 62.4 Å². The summed E-state index contributed by atoms with van der Waals surface area (Å²) in [5.74, 6) is -3.42. The molecule has 276 valence electrons. The van der Waals surface area contributed by atoms with Gasteiger partial charge >= 0.3 is 0 Å². The summed E-state index contributed by atoms with van der Waals surface area (Å²) in [6, 6.07) is 12.3. The van der Waals surface area contributed by atoms with Gasteiger partial charge in [0.15, 0.2) is 0 Å². The van der Waals surface area contributed by atoms with E-state index in [0.717, 1.165) is 5.56 Å². The monoisotopic (exact) mass is 713 g/mol. The minimum atomic E-state index is -1.14. The van der Waals surface area contributed by atoms with Crippen molar-refractivity contribution in [3.8, 4) is 0 Å². The molecule has 0 spiro atoms. The largest absolute Gasteiger partial charge is 0.391 e. The Morgan fingerprint density at radius 3 is 2.38 bits per heavy atom. The Morgan fingerprint density at radius 2 is 1.63 bits per heavy atom. The van der Waals surface area contributed by atoms with Gasteiger partial charge in [-0.1, -0.05) is 56.3 Å². The van der Waals surface area contributed by atoms with E-state index in [1.54, 1.807) is 36.5 Å². The Bertz CT molecular complexity index is 1780. The zero-order chi connectivity index (χ0) is 37.4. The van der Waals surface area contributed by atoms with E-state index in [1.807, 2.05) is 44.2 Å². The number of hydrogen-bond donors (Lipinski definition) is 6. The highest BCUT2D eigenvalue weighted by Crippen LogP contribution is 2.20. The molecule has 2 aliphatic heterocycles. The van der Waals surface area contributed by atoms with Gasteiger partial charge in [0.05, 0.1) is 11.6 Å². The summed E-state index contributed by atoms with van der Waals surface area (Å²) in [5.41, 5.74) is 1.67. The second-order valence-electron chi connectivity index (χ2n) is 13.9. The number of amides is 6. The van der Waals surface area contributed by atoms with Crippen molar-refractivity contribution in [2.75, 3.05) is 13.1 Å². The van der Waals surface area contributed by atoms with Gasteiger partial charge in [-0.05, 0) is 55.9 Å². The lowest BCUT2D eigenvalue weighted by Gasteiger charge is -2.29. The van der Waals surface area contributed by atoms with Crippen LogP contribution >= 0.6 is 0 Å². The first kappa shape index (κ1) is 37.9. The maximum atomic E-state index is 14.1. The molecule has 2 aromatic carbocycles. The van der Waals surface area contributed by atoms with E-state index in [1.165, 1.54) is 11.8 Å². The summed E-state index contributed by atoms with van der Waals surface area (Å²) >= 11 is 0. The van der Waals surface area contributed by atoms with Gasteiger partial charge in [-0.2, -0.15) is 0 Å². The molecule has 2 fully saturated rings. The van der Waals surface area contributed by atoms with Crippen LogP contribution in [0.25, 0.3) is 10.9 Å². The maximum absolute atomic E-state index is 14.1. The topological polar surface area (TPSA) is 199 Å². The predicted octanol–water partition coefficient (Wildman–Crippen LogP) is 0.968. The average Bonchev–Trinajstić information content (AvgIpc) is 3.52. The molecule has 3 aromatic rings. The highest BCUT2D eigenvalue weighted by atomic mass is 16.3. The Balaban J connectivity index is 1.47. The SMILES string of the molecule is CC(C)C[C@@H]1NC(=O)[C@@H](Cc2ccccc2)NC(=O)[C@@H](NC(=O)c2cccc3ncccc23)CCCNC(=O)[C@@H]2C[C@@H](O)CN2C(=O)[C@H](C)NC1=O. The summed E-state index contributed by atoms with van der Waals surface area (Å²) in [7, 11) is 0. The van der Waals surface area contributed by atoms with Gasteiger partial charge in [0.1, 0.15) is 30.2 Å². The van der Waals surface area contributed by atoms with Crippen LogP contribution in [0.15, 0.2) is 66.9 Å². The fourth-order valence-corrected chi connectivity index (χ4v) is 6.68. The van der Waals surface area contributed by atoms with Crippen LogP contribution in [0.5, 0.6) is 0 Å². The number of aromatic nitrogens is 1. The molecule has 0 radical (unpaired) electrons. The highest BCUT2D eigenvalue weighted by molar-refractivity contribution is 6.07. The number of aliphatic hydroxyl groups is 1. The van der Waals surface area contributed by atoms with E-state index in [9.17, 15) is 33.9 Å². The molecule has 14 nitrogen and oxygen atoms in total. The maximum Gasteiger partial charge on any atom is 0.252 e. The predicted molar refractivity (Wildman–Crippen MR) is 192 cm³/mol. The standard InChI is InChI=1S/C38H47N7O7/c1-22(2)18-30-35(49)41-23(3)38(52)45-21-25(46)20-32(45)37(51)40-17-9-15-29(42-33(47)27-12-7-14-28-26(27)13-8-16-39-28)34(48)44-31(36(50)43-30)19-24-10-5-4-6-11-24/h4-8,10-14,16,22-23,25,29-32,46H,9,15,17-21H2,1-3H3,(H,40,51)(H,41,49)(H,42,47)(H,43,50)(H,44,48)/t23-,25+,29-,30-,31+,32-/m0/s1. The second kappa shape index (κ2) is 17.2. The number of carbonyl (C=O) groups is 6. The number of rotatable bonds is 6. The molecular formula is C38H47N7O7. The number of aliphatic hydroxyl groups excluding tert-OH is 1. The van der Waals surface area contributed by atoms with Gasteiger partial charge in [0, 0.05) is 43.1 Å². The van der Waals surface area contributed by atoms with Crippen molar-refractivity contribution < 1.29 is 33.9 Å². The lowest BCUT2D eigenvalue weighted by molar-refractivity contribution is -0.141. The summed E-state index contributed by atoms with van der Waals surface area (Å²) < 4.78 is 0. The van der Waals surface area contributed by atoms with E-state index in [2.05, 4.69) is 31.6 Å². The molecule has 2 saturated heterocycles. The van der Waals surface area contributed by atoms with Gasteiger partial charge < -0.3 is 36.6 Å². The molecule has 0 unspecified atom stereocenters. The van der Waals surface area contributed by atoms with Gasteiger partial charge in [0.2, 0.25) is 29.5 Å². The fourth-order valence-electron chi connectivity index (χ4n) is 6.68. The van der Waals surface area contributed by atoms with Crippen LogP contribution in [0.2, 0.25) is 0 Å². The zero-order valence-electron chi connectivity index (χ0n) is 29.6. The van der Waals surface area contributed by atoms with Crippen LogP contribution in [0.4, 0.5) is 0 Å². The molecule has 0 bridgehead atoms. The lowest BCUT2D eigenvalue weighted by Crippen LogP contribution is -2.59. The number of nitrogens with zero attached hydrogens (tertiary/aromatic N) is 2. The molecular weight excluding hydrogens is 666 g/mol. The van der Waals surface area contributed by atoms with E-state index >= 15 is 0 Å². The number of fused-ring (bicyclic) bond motifs is 2. The number of hydrogen-bond acceptors (Lipinski definition) is 8. The van der Waals surface area contributed by atoms with E-state index in [0.29, 0.717) is 16.5 Å².